The first kappa shape index (κ1) is 19.1. The predicted octanol–water partition coefficient (Wildman–Crippen LogP) is 2.92. The Hall–Kier alpha value is -2.25. The lowest BCUT2D eigenvalue weighted by Gasteiger charge is -2.13. The maximum Gasteiger partial charge on any atom is 0.261 e. The van der Waals surface area contributed by atoms with Crippen molar-refractivity contribution in [2.75, 3.05) is 25.4 Å². The molecule has 0 saturated heterocycles. The minimum absolute atomic E-state index is 0.0816. The van der Waals surface area contributed by atoms with Gasteiger partial charge in [0.05, 0.1) is 10.6 Å². The topological polar surface area (TPSA) is 75.7 Å². The molecule has 2 aromatic rings. The van der Waals surface area contributed by atoms with Gasteiger partial charge < -0.3 is 9.64 Å². The lowest BCUT2D eigenvalue weighted by atomic mass is 10.2. The zero-order valence-electron chi connectivity index (χ0n) is 14.1. The summed E-state index contributed by atoms with van der Waals surface area (Å²) in [5.41, 5.74) is 1.07. The Morgan fingerprint density at radius 2 is 1.80 bits per heavy atom. The monoisotopic (exact) mass is 382 g/mol. The highest BCUT2D eigenvalue weighted by Crippen LogP contribution is 2.26. The molecule has 0 saturated carbocycles. The molecule has 134 valence electrons. The molecule has 0 bridgehead atoms. The second-order valence-electron chi connectivity index (χ2n) is 5.57. The van der Waals surface area contributed by atoms with Gasteiger partial charge in [0.15, 0.2) is 6.61 Å². The van der Waals surface area contributed by atoms with E-state index < -0.39 is 10.0 Å². The fraction of sp³-hybridized carbons (Fsp3) is 0.235. The summed E-state index contributed by atoms with van der Waals surface area (Å²) in [6.45, 7) is 1.62. The van der Waals surface area contributed by atoms with Crippen molar-refractivity contribution in [2.45, 2.75) is 11.8 Å². The largest absolute Gasteiger partial charge is 0.484 e. The van der Waals surface area contributed by atoms with Crippen LogP contribution in [0.5, 0.6) is 5.75 Å². The van der Waals surface area contributed by atoms with Crippen molar-refractivity contribution in [3.63, 3.8) is 0 Å². The quantitative estimate of drug-likeness (QED) is 0.833. The molecule has 25 heavy (non-hydrogen) atoms. The Bertz CT molecular complexity index is 865. The maximum absolute atomic E-state index is 12.5. The molecule has 0 aliphatic rings. The standard InChI is InChI=1S/C17H19ClN2O4S/c1-12-15(18)5-4-6-16(12)19-25(22,23)14-9-7-13(8-10-14)24-11-17(21)20(2)3/h4-10,19H,11H2,1-3H3. The van der Waals surface area contributed by atoms with Crippen LogP contribution in [0.1, 0.15) is 5.56 Å². The second-order valence-corrected chi connectivity index (χ2v) is 7.66. The number of ether oxygens (including phenoxy) is 1. The summed E-state index contributed by atoms with van der Waals surface area (Å²) in [6.07, 6.45) is 0. The van der Waals surface area contributed by atoms with Crippen LogP contribution in [0.4, 0.5) is 5.69 Å². The minimum Gasteiger partial charge on any atom is -0.484 e. The fourth-order valence-corrected chi connectivity index (χ4v) is 3.21. The lowest BCUT2D eigenvalue weighted by Crippen LogP contribution is -2.27. The number of benzene rings is 2. The Balaban J connectivity index is 2.12. The summed E-state index contributed by atoms with van der Waals surface area (Å²) in [5, 5.41) is 0.481. The van der Waals surface area contributed by atoms with E-state index in [0.717, 1.165) is 0 Å². The zero-order chi connectivity index (χ0) is 18.6. The summed E-state index contributed by atoms with van der Waals surface area (Å²) in [6, 6.07) is 10.8. The first-order valence-corrected chi connectivity index (χ1v) is 9.28. The fourth-order valence-electron chi connectivity index (χ4n) is 1.91. The number of carbonyl (C=O) groups is 1. The number of halogens is 1. The molecule has 0 aliphatic heterocycles. The Kier molecular flexibility index (Phi) is 5.92. The summed E-state index contributed by atoms with van der Waals surface area (Å²) in [4.78, 5) is 13.0. The van der Waals surface area contributed by atoms with Gasteiger partial charge in [0, 0.05) is 19.1 Å². The van der Waals surface area contributed by atoms with E-state index in [-0.39, 0.29) is 17.4 Å². The summed E-state index contributed by atoms with van der Waals surface area (Å²) in [5.74, 6) is 0.225. The highest BCUT2D eigenvalue weighted by Gasteiger charge is 2.16. The Morgan fingerprint density at radius 1 is 1.16 bits per heavy atom. The van der Waals surface area contributed by atoms with Crippen LogP contribution in [-0.2, 0) is 14.8 Å². The van der Waals surface area contributed by atoms with Crippen molar-refractivity contribution in [2.24, 2.45) is 0 Å². The number of hydrogen-bond acceptors (Lipinski definition) is 4. The van der Waals surface area contributed by atoms with Crippen molar-refractivity contribution >= 4 is 33.2 Å². The number of anilines is 1. The van der Waals surface area contributed by atoms with Crippen molar-refractivity contribution in [3.8, 4) is 5.75 Å². The number of nitrogens with one attached hydrogen (secondary N) is 1. The molecule has 0 unspecified atom stereocenters. The van der Waals surface area contributed by atoms with Gasteiger partial charge in [-0.3, -0.25) is 9.52 Å². The van der Waals surface area contributed by atoms with Gasteiger partial charge in [-0.2, -0.15) is 0 Å². The van der Waals surface area contributed by atoms with Crippen LogP contribution in [0.3, 0.4) is 0 Å². The molecular weight excluding hydrogens is 364 g/mol. The number of likely N-dealkylation sites (N-methyl/N-ethyl adjacent to an activating group) is 1. The average molecular weight is 383 g/mol. The minimum atomic E-state index is -3.75. The first-order chi connectivity index (χ1) is 11.7. The zero-order valence-corrected chi connectivity index (χ0v) is 15.7. The molecule has 2 rings (SSSR count). The highest BCUT2D eigenvalue weighted by atomic mass is 35.5. The molecule has 6 nitrogen and oxygen atoms in total. The van der Waals surface area contributed by atoms with Gasteiger partial charge in [0.1, 0.15) is 5.75 Å². The molecule has 1 N–H and O–H groups in total. The van der Waals surface area contributed by atoms with E-state index in [0.29, 0.717) is 22.0 Å². The number of carbonyl (C=O) groups excluding carboxylic acids is 1. The molecule has 1 amide bonds. The van der Waals surface area contributed by atoms with Gasteiger partial charge in [0.25, 0.3) is 15.9 Å². The van der Waals surface area contributed by atoms with E-state index in [1.54, 1.807) is 39.2 Å². The van der Waals surface area contributed by atoms with E-state index in [1.807, 2.05) is 0 Å². The molecule has 0 aliphatic carbocycles. The van der Waals surface area contributed by atoms with Crippen molar-refractivity contribution < 1.29 is 17.9 Å². The SMILES string of the molecule is Cc1c(Cl)cccc1NS(=O)(=O)c1ccc(OCC(=O)N(C)C)cc1. The highest BCUT2D eigenvalue weighted by molar-refractivity contribution is 7.92. The molecule has 0 aromatic heterocycles. The normalized spacial score (nSPS) is 11.0. The third-order valence-corrected chi connectivity index (χ3v) is 5.30. The molecule has 0 fully saturated rings. The first-order valence-electron chi connectivity index (χ1n) is 7.41. The molecule has 0 heterocycles. The van der Waals surface area contributed by atoms with Crippen LogP contribution < -0.4 is 9.46 Å². The third-order valence-electron chi connectivity index (χ3n) is 3.51. The Morgan fingerprint density at radius 3 is 2.40 bits per heavy atom. The van der Waals surface area contributed by atoms with Gasteiger partial charge in [-0.15, -0.1) is 0 Å². The van der Waals surface area contributed by atoms with Crippen molar-refractivity contribution in [1.82, 2.24) is 4.90 Å². The predicted molar refractivity (Wildman–Crippen MR) is 97.6 cm³/mol. The van der Waals surface area contributed by atoms with E-state index in [4.69, 9.17) is 16.3 Å². The number of rotatable bonds is 6. The van der Waals surface area contributed by atoms with Crippen LogP contribution in [0.25, 0.3) is 0 Å². The second kappa shape index (κ2) is 7.76. The maximum atomic E-state index is 12.5. The van der Waals surface area contributed by atoms with Crippen LogP contribution in [0.15, 0.2) is 47.4 Å². The van der Waals surface area contributed by atoms with Gasteiger partial charge >= 0.3 is 0 Å². The Labute approximate surface area is 152 Å². The van der Waals surface area contributed by atoms with Gasteiger partial charge in [0.2, 0.25) is 0 Å². The van der Waals surface area contributed by atoms with Crippen LogP contribution in [0.2, 0.25) is 5.02 Å². The molecular formula is C17H19ClN2O4S. The summed E-state index contributed by atoms with van der Waals surface area (Å²) < 4.78 is 32.8. The van der Waals surface area contributed by atoms with Crippen molar-refractivity contribution in [3.05, 3.63) is 53.1 Å². The van der Waals surface area contributed by atoms with Crippen LogP contribution >= 0.6 is 11.6 Å². The molecule has 8 heteroatoms. The van der Waals surface area contributed by atoms with Crippen LogP contribution in [0, 0.1) is 6.92 Å². The van der Waals surface area contributed by atoms with E-state index in [9.17, 15) is 13.2 Å². The average Bonchev–Trinajstić information content (AvgIpc) is 2.57. The number of sulfonamides is 1. The number of hydrogen-bond donors (Lipinski definition) is 1. The van der Waals surface area contributed by atoms with Crippen LogP contribution in [-0.4, -0.2) is 39.9 Å². The summed E-state index contributed by atoms with van der Waals surface area (Å²) in [7, 11) is -0.494. The molecule has 0 radical (unpaired) electrons. The van der Waals surface area contributed by atoms with E-state index in [1.165, 1.54) is 29.2 Å². The van der Waals surface area contributed by atoms with Gasteiger partial charge in [-0.1, -0.05) is 17.7 Å². The van der Waals surface area contributed by atoms with Gasteiger partial charge in [-0.25, -0.2) is 8.42 Å². The third kappa shape index (κ3) is 4.87. The van der Waals surface area contributed by atoms with Gasteiger partial charge in [-0.05, 0) is 48.9 Å². The number of amides is 1. The van der Waals surface area contributed by atoms with E-state index >= 15 is 0 Å². The smallest absolute Gasteiger partial charge is 0.261 e. The number of nitrogens with zero attached hydrogens (tertiary/aromatic N) is 1. The summed E-state index contributed by atoms with van der Waals surface area (Å²) >= 11 is 6.01. The van der Waals surface area contributed by atoms with Crippen molar-refractivity contribution in [1.29, 1.82) is 0 Å². The molecule has 0 spiro atoms. The lowest BCUT2D eigenvalue weighted by molar-refractivity contribution is -0.130. The van der Waals surface area contributed by atoms with E-state index in [2.05, 4.69) is 4.72 Å². The molecule has 2 aromatic carbocycles. The molecule has 0 atom stereocenters.